The first-order chi connectivity index (χ1) is 11.3. The Bertz CT molecular complexity index is 751. The van der Waals surface area contributed by atoms with E-state index in [1.165, 1.54) is 0 Å². The minimum atomic E-state index is -4.56. The van der Waals surface area contributed by atoms with Gasteiger partial charge in [-0.05, 0) is 27.6 Å². The Hall–Kier alpha value is -2.42. The molecule has 1 heterocycles. The summed E-state index contributed by atoms with van der Waals surface area (Å²) in [5.74, 6) is -1.31. The van der Waals surface area contributed by atoms with Crippen molar-refractivity contribution >= 4 is 27.7 Å². The minimum absolute atomic E-state index is 0.0444. The van der Waals surface area contributed by atoms with Gasteiger partial charge in [0.2, 0.25) is 5.91 Å². The lowest BCUT2D eigenvalue weighted by molar-refractivity contribution is -0.137. The summed E-state index contributed by atoms with van der Waals surface area (Å²) in [6.45, 7) is 0. The summed E-state index contributed by atoms with van der Waals surface area (Å²) < 4.78 is 37.5. The number of hydrogen-bond donors (Lipinski definition) is 2. The lowest BCUT2D eigenvalue weighted by Gasteiger charge is -2.10. The zero-order chi connectivity index (χ0) is 17.7. The molecule has 1 aromatic carbocycles. The molecule has 1 aromatic heterocycles. The molecule has 0 saturated heterocycles. The molecule has 2 N–H and O–H groups in total. The van der Waals surface area contributed by atoms with Crippen molar-refractivity contribution in [2.24, 2.45) is 0 Å². The Balaban J connectivity index is 1.96. The summed E-state index contributed by atoms with van der Waals surface area (Å²) in [6.07, 6.45) is -3.97. The van der Waals surface area contributed by atoms with Gasteiger partial charge in [-0.1, -0.05) is 30.3 Å². The molecule has 0 spiro atoms. The number of pyridine rings is 1. The normalized spacial score (nSPS) is 11.0. The first-order valence-electron chi connectivity index (χ1n) is 6.63. The molecule has 2 rings (SSSR count). The SMILES string of the molecule is O=C(Cc1ccccc1)NNC(=O)c1ncc(C(F)(F)F)cc1Br. The first kappa shape index (κ1) is 17.9. The number of halogens is 4. The van der Waals surface area contributed by atoms with Crippen LogP contribution >= 0.6 is 15.9 Å². The molecule has 0 atom stereocenters. The van der Waals surface area contributed by atoms with Gasteiger partial charge < -0.3 is 0 Å². The van der Waals surface area contributed by atoms with Crippen molar-refractivity contribution in [2.75, 3.05) is 0 Å². The third-order valence-corrected chi connectivity index (χ3v) is 3.51. The van der Waals surface area contributed by atoms with Gasteiger partial charge in [0.1, 0.15) is 5.69 Å². The first-order valence-corrected chi connectivity index (χ1v) is 7.42. The van der Waals surface area contributed by atoms with Crippen LogP contribution in [0, 0.1) is 0 Å². The molecule has 0 radical (unpaired) electrons. The predicted octanol–water partition coefficient (Wildman–Crippen LogP) is 2.87. The monoisotopic (exact) mass is 401 g/mol. The number of nitrogens with zero attached hydrogens (tertiary/aromatic N) is 1. The van der Waals surface area contributed by atoms with Crippen LogP contribution in [-0.2, 0) is 17.4 Å². The molecule has 0 aliphatic rings. The van der Waals surface area contributed by atoms with Crippen LogP contribution in [0.25, 0.3) is 0 Å². The molecular weight excluding hydrogens is 391 g/mol. The second-order valence-corrected chi connectivity index (χ2v) is 5.57. The summed E-state index contributed by atoms with van der Waals surface area (Å²) in [5.41, 5.74) is 3.77. The van der Waals surface area contributed by atoms with Gasteiger partial charge in [-0.2, -0.15) is 13.2 Å². The van der Waals surface area contributed by atoms with Gasteiger partial charge in [-0.25, -0.2) is 4.98 Å². The molecule has 0 fully saturated rings. The van der Waals surface area contributed by atoms with Gasteiger partial charge in [0.15, 0.2) is 0 Å². The third-order valence-electron chi connectivity index (χ3n) is 2.91. The van der Waals surface area contributed by atoms with Crippen LogP contribution in [0.2, 0.25) is 0 Å². The van der Waals surface area contributed by atoms with E-state index in [-0.39, 0.29) is 16.6 Å². The quantitative estimate of drug-likeness (QED) is 0.776. The fraction of sp³-hybridized carbons (Fsp3) is 0.133. The number of alkyl halides is 3. The fourth-order valence-electron chi connectivity index (χ4n) is 1.77. The molecule has 5 nitrogen and oxygen atoms in total. The smallest absolute Gasteiger partial charge is 0.273 e. The third kappa shape index (κ3) is 4.79. The van der Waals surface area contributed by atoms with Crippen LogP contribution in [0.3, 0.4) is 0 Å². The molecule has 0 unspecified atom stereocenters. The van der Waals surface area contributed by atoms with E-state index < -0.39 is 23.6 Å². The summed E-state index contributed by atoms with van der Waals surface area (Å²) >= 11 is 2.86. The highest BCUT2D eigenvalue weighted by molar-refractivity contribution is 9.10. The van der Waals surface area contributed by atoms with Gasteiger partial charge in [0, 0.05) is 10.7 Å². The molecule has 0 aliphatic heterocycles. The maximum atomic E-state index is 12.5. The summed E-state index contributed by atoms with van der Waals surface area (Å²) in [6, 6.07) is 9.57. The number of carbonyl (C=O) groups is 2. The van der Waals surface area contributed by atoms with E-state index >= 15 is 0 Å². The summed E-state index contributed by atoms with van der Waals surface area (Å²) in [5, 5.41) is 0. The molecular formula is C15H11BrF3N3O2. The Morgan fingerprint density at radius 3 is 2.38 bits per heavy atom. The van der Waals surface area contributed by atoms with Gasteiger partial charge >= 0.3 is 6.18 Å². The molecule has 9 heteroatoms. The Morgan fingerprint density at radius 2 is 1.79 bits per heavy atom. The average Bonchev–Trinajstić information content (AvgIpc) is 2.52. The number of aromatic nitrogens is 1. The molecule has 0 aliphatic carbocycles. The van der Waals surface area contributed by atoms with Crippen LogP contribution < -0.4 is 10.9 Å². The number of nitrogens with one attached hydrogen (secondary N) is 2. The number of carbonyl (C=O) groups excluding carboxylic acids is 2. The van der Waals surface area contributed by atoms with Crippen molar-refractivity contribution in [3.63, 3.8) is 0 Å². The highest BCUT2D eigenvalue weighted by Crippen LogP contribution is 2.31. The van der Waals surface area contributed by atoms with E-state index in [0.29, 0.717) is 6.20 Å². The minimum Gasteiger partial charge on any atom is -0.273 e. The van der Waals surface area contributed by atoms with Gasteiger partial charge in [0.05, 0.1) is 12.0 Å². The van der Waals surface area contributed by atoms with Crippen LogP contribution in [0.1, 0.15) is 21.6 Å². The van der Waals surface area contributed by atoms with Crippen molar-refractivity contribution in [3.8, 4) is 0 Å². The van der Waals surface area contributed by atoms with Crippen molar-refractivity contribution in [3.05, 3.63) is 63.9 Å². The number of benzene rings is 1. The zero-order valence-electron chi connectivity index (χ0n) is 12.0. The molecule has 126 valence electrons. The number of rotatable bonds is 3. The summed E-state index contributed by atoms with van der Waals surface area (Å²) in [4.78, 5) is 27.1. The zero-order valence-corrected chi connectivity index (χ0v) is 13.6. The van der Waals surface area contributed by atoms with Gasteiger partial charge in [-0.15, -0.1) is 0 Å². The molecule has 0 saturated carbocycles. The van der Waals surface area contributed by atoms with Crippen molar-refractivity contribution in [1.82, 2.24) is 15.8 Å². The highest BCUT2D eigenvalue weighted by Gasteiger charge is 2.32. The Morgan fingerprint density at radius 1 is 1.12 bits per heavy atom. The van der Waals surface area contributed by atoms with Crippen molar-refractivity contribution < 1.29 is 22.8 Å². The highest BCUT2D eigenvalue weighted by atomic mass is 79.9. The van der Waals surface area contributed by atoms with E-state index in [0.717, 1.165) is 11.6 Å². The number of hydrazine groups is 1. The van der Waals surface area contributed by atoms with Crippen LogP contribution in [-0.4, -0.2) is 16.8 Å². The van der Waals surface area contributed by atoms with E-state index in [1.54, 1.807) is 30.3 Å². The molecule has 2 amide bonds. The van der Waals surface area contributed by atoms with Crippen LogP contribution in [0.5, 0.6) is 0 Å². The number of hydrogen-bond acceptors (Lipinski definition) is 3. The second-order valence-electron chi connectivity index (χ2n) is 4.72. The topological polar surface area (TPSA) is 71.1 Å². The largest absolute Gasteiger partial charge is 0.417 e. The molecule has 2 aromatic rings. The van der Waals surface area contributed by atoms with Gasteiger partial charge in [-0.3, -0.25) is 20.4 Å². The Kier molecular flexibility index (Phi) is 5.55. The molecule has 0 bridgehead atoms. The lowest BCUT2D eigenvalue weighted by atomic mass is 10.1. The van der Waals surface area contributed by atoms with Crippen molar-refractivity contribution in [1.29, 1.82) is 0 Å². The van der Waals surface area contributed by atoms with Crippen molar-refractivity contribution in [2.45, 2.75) is 12.6 Å². The van der Waals surface area contributed by atoms with Crippen LogP contribution in [0.15, 0.2) is 47.1 Å². The Labute approximate surface area is 143 Å². The second kappa shape index (κ2) is 7.43. The van der Waals surface area contributed by atoms with E-state index in [9.17, 15) is 22.8 Å². The number of amides is 2. The van der Waals surface area contributed by atoms with E-state index in [1.807, 2.05) is 0 Å². The summed E-state index contributed by atoms with van der Waals surface area (Å²) in [7, 11) is 0. The predicted molar refractivity (Wildman–Crippen MR) is 82.7 cm³/mol. The van der Waals surface area contributed by atoms with E-state index in [2.05, 4.69) is 31.8 Å². The van der Waals surface area contributed by atoms with E-state index in [4.69, 9.17) is 0 Å². The van der Waals surface area contributed by atoms with Crippen LogP contribution in [0.4, 0.5) is 13.2 Å². The van der Waals surface area contributed by atoms with Gasteiger partial charge in [0.25, 0.3) is 5.91 Å². The standard InChI is InChI=1S/C15H11BrF3N3O2/c16-11-7-10(15(17,18)19)8-20-13(11)14(24)22-21-12(23)6-9-4-2-1-3-5-9/h1-5,7-8H,6H2,(H,21,23)(H,22,24). The molecule has 24 heavy (non-hydrogen) atoms. The maximum Gasteiger partial charge on any atom is 0.417 e. The maximum absolute atomic E-state index is 12.5. The lowest BCUT2D eigenvalue weighted by Crippen LogP contribution is -2.42. The average molecular weight is 402 g/mol. The fourth-order valence-corrected chi connectivity index (χ4v) is 2.30.